The van der Waals surface area contributed by atoms with Gasteiger partial charge < -0.3 is 15.8 Å². The van der Waals surface area contributed by atoms with E-state index in [0.29, 0.717) is 17.3 Å². The molecule has 0 spiro atoms. The lowest BCUT2D eigenvalue weighted by molar-refractivity contribution is 0.315. The second kappa shape index (κ2) is 7.06. The first-order chi connectivity index (χ1) is 9.66. The molecule has 0 saturated heterocycles. The average molecular weight is 291 g/mol. The molecule has 3 N–H and O–H groups in total. The van der Waals surface area contributed by atoms with Crippen molar-refractivity contribution in [1.82, 2.24) is 0 Å². The minimum Gasteiger partial charge on any atom is -0.494 e. The zero-order valence-electron chi connectivity index (χ0n) is 11.5. The van der Waals surface area contributed by atoms with Gasteiger partial charge in [0.2, 0.25) is 0 Å². The fourth-order valence-electron chi connectivity index (χ4n) is 1.90. The second-order valence-electron chi connectivity index (χ2n) is 4.63. The molecule has 3 nitrogen and oxygen atoms in total. The van der Waals surface area contributed by atoms with E-state index in [9.17, 15) is 0 Å². The van der Waals surface area contributed by atoms with E-state index >= 15 is 0 Å². The normalized spacial score (nSPS) is 10.3. The van der Waals surface area contributed by atoms with Crippen LogP contribution >= 0.6 is 11.6 Å². The Labute approximate surface area is 124 Å². The van der Waals surface area contributed by atoms with Crippen molar-refractivity contribution < 1.29 is 4.74 Å². The van der Waals surface area contributed by atoms with Crippen LogP contribution in [0.2, 0.25) is 5.02 Å². The van der Waals surface area contributed by atoms with E-state index in [0.717, 1.165) is 30.0 Å². The summed E-state index contributed by atoms with van der Waals surface area (Å²) in [6, 6.07) is 13.6. The molecule has 4 heteroatoms. The summed E-state index contributed by atoms with van der Waals surface area (Å²) in [6.07, 6.45) is 0.913. The highest BCUT2D eigenvalue weighted by molar-refractivity contribution is 6.33. The molecular formula is C16H19ClN2O. The Bertz CT molecular complexity index is 558. The van der Waals surface area contributed by atoms with Crippen molar-refractivity contribution in [3.8, 4) is 5.75 Å². The first-order valence-electron chi connectivity index (χ1n) is 6.64. The predicted octanol–water partition coefficient (Wildman–Crippen LogP) is 4.11. The van der Waals surface area contributed by atoms with Crippen molar-refractivity contribution in [3.63, 3.8) is 0 Å². The van der Waals surface area contributed by atoms with Gasteiger partial charge in [-0.05, 0) is 43.2 Å². The smallest absolute Gasteiger partial charge is 0.119 e. The molecular weight excluding hydrogens is 272 g/mol. The van der Waals surface area contributed by atoms with Crippen molar-refractivity contribution >= 4 is 23.0 Å². The summed E-state index contributed by atoms with van der Waals surface area (Å²) in [5.41, 5.74) is 8.47. The van der Waals surface area contributed by atoms with Gasteiger partial charge in [-0.2, -0.15) is 0 Å². The largest absolute Gasteiger partial charge is 0.494 e. The minimum atomic E-state index is 0.582. The number of nitrogens with one attached hydrogen (secondary N) is 1. The molecule has 0 atom stereocenters. The number of rotatable bonds is 6. The molecule has 2 aromatic carbocycles. The van der Waals surface area contributed by atoms with Crippen molar-refractivity contribution in [1.29, 1.82) is 0 Å². The van der Waals surface area contributed by atoms with Crippen LogP contribution in [0.3, 0.4) is 0 Å². The van der Waals surface area contributed by atoms with Gasteiger partial charge in [-0.25, -0.2) is 0 Å². The molecule has 106 valence electrons. The van der Waals surface area contributed by atoms with Crippen LogP contribution in [0.5, 0.6) is 5.75 Å². The molecule has 2 rings (SSSR count). The Kier molecular flexibility index (Phi) is 5.13. The topological polar surface area (TPSA) is 47.3 Å². The Morgan fingerprint density at radius 3 is 2.70 bits per heavy atom. The van der Waals surface area contributed by atoms with E-state index in [4.69, 9.17) is 22.1 Å². The van der Waals surface area contributed by atoms with Crippen LogP contribution < -0.4 is 15.8 Å². The SMILES string of the molecule is Cc1cc(N)c(Cl)cc1NCCCOc1ccccc1. The van der Waals surface area contributed by atoms with E-state index in [-0.39, 0.29) is 0 Å². The quantitative estimate of drug-likeness (QED) is 0.622. The molecule has 0 bridgehead atoms. The van der Waals surface area contributed by atoms with Gasteiger partial charge >= 0.3 is 0 Å². The maximum atomic E-state index is 6.02. The van der Waals surface area contributed by atoms with Crippen LogP contribution in [0.1, 0.15) is 12.0 Å². The van der Waals surface area contributed by atoms with E-state index < -0.39 is 0 Å². The lowest BCUT2D eigenvalue weighted by atomic mass is 10.2. The molecule has 2 aromatic rings. The van der Waals surface area contributed by atoms with Crippen molar-refractivity contribution in [2.45, 2.75) is 13.3 Å². The summed E-state index contributed by atoms with van der Waals surface area (Å²) in [5, 5.41) is 3.93. The van der Waals surface area contributed by atoms with Crippen LogP contribution in [0.4, 0.5) is 11.4 Å². The third kappa shape index (κ3) is 4.07. The lowest BCUT2D eigenvalue weighted by Crippen LogP contribution is -2.08. The van der Waals surface area contributed by atoms with E-state index in [1.807, 2.05) is 49.4 Å². The number of halogens is 1. The zero-order valence-corrected chi connectivity index (χ0v) is 12.3. The minimum absolute atomic E-state index is 0.582. The van der Waals surface area contributed by atoms with Crippen LogP contribution in [-0.2, 0) is 0 Å². The van der Waals surface area contributed by atoms with Crippen molar-refractivity contribution in [2.75, 3.05) is 24.2 Å². The molecule has 0 aliphatic heterocycles. The van der Waals surface area contributed by atoms with Crippen LogP contribution in [0, 0.1) is 6.92 Å². The number of hydrogen-bond acceptors (Lipinski definition) is 3. The summed E-state index contributed by atoms with van der Waals surface area (Å²) >= 11 is 6.02. The van der Waals surface area contributed by atoms with Gasteiger partial charge in [0.1, 0.15) is 5.75 Å². The highest BCUT2D eigenvalue weighted by atomic mass is 35.5. The fraction of sp³-hybridized carbons (Fsp3) is 0.250. The number of aryl methyl sites for hydroxylation is 1. The van der Waals surface area contributed by atoms with Gasteiger partial charge in [0.25, 0.3) is 0 Å². The third-order valence-corrected chi connectivity index (χ3v) is 3.32. The van der Waals surface area contributed by atoms with Gasteiger partial charge in [-0.15, -0.1) is 0 Å². The molecule has 0 fully saturated rings. The number of nitrogens with two attached hydrogens (primary N) is 1. The molecule has 0 unspecified atom stereocenters. The van der Waals surface area contributed by atoms with Gasteiger partial charge in [0, 0.05) is 12.2 Å². The van der Waals surface area contributed by atoms with Gasteiger partial charge in [-0.3, -0.25) is 0 Å². The standard InChI is InChI=1S/C16H19ClN2O/c1-12-10-15(18)14(17)11-16(12)19-8-5-9-20-13-6-3-2-4-7-13/h2-4,6-7,10-11,19H,5,8-9,18H2,1H3. The Morgan fingerprint density at radius 1 is 1.20 bits per heavy atom. The second-order valence-corrected chi connectivity index (χ2v) is 5.04. The number of anilines is 2. The number of para-hydroxylation sites is 1. The third-order valence-electron chi connectivity index (χ3n) is 2.99. The molecule has 0 amide bonds. The molecule has 0 aliphatic carbocycles. The van der Waals surface area contributed by atoms with E-state index in [1.54, 1.807) is 0 Å². The van der Waals surface area contributed by atoms with Crippen LogP contribution in [-0.4, -0.2) is 13.2 Å². The molecule has 0 radical (unpaired) electrons. The Balaban J connectivity index is 1.75. The number of nitrogen functional groups attached to an aromatic ring is 1. The summed E-state index contributed by atoms with van der Waals surface area (Å²) in [7, 11) is 0. The summed E-state index contributed by atoms with van der Waals surface area (Å²) in [5.74, 6) is 0.902. The zero-order chi connectivity index (χ0) is 14.4. The van der Waals surface area contributed by atoms with E-state index in [1.165, 1.54) is 0 Å². The summed E-state index contributed by atoms with van der Waals surface area (Å²) in [6.45, 7) is 3.52. The van der Waals surface area contributed by atoms with Crippen LogP contribution in [0.15, 0.2) is 42.5 Å². The first-order valence-corrected chi connectivity index (χ1v) is 7.02. The predicted molar refractivity (Wildman–Crippen MR) is 85.6 cm³/mol. The number of ether oxygens (including phenoxy) is 1. The van der Waals surface area contributed by atoms with Gasteiger partial charge in [0.05, 0.1) is 17.3 Å². The maximum absolute atomic E-state index is 6.02. The average Bonchev–Trinajstić information content (AvgIpc) is 2.45. The molecule has 0 aromatic heterocycles. The van der Waals surface area contributed by atoms with E-state index in [2.05, 4.69) is 5.32 Å². The van der Waals surface area contributed by atoms with Crippen LogP contribution in [0.25, 0.3) is 0 Å². The summed E-state index contributed by atoms with van der Waals surface area (Å²) < 4.78 is 5.63. The molecule has 0 saturated carbocycles. The lowest BCUT2D eigenvalue weighted by Gasteiger charge is -2.12. The molecule has 0 aliphatic rings. The summed E-state index contributed by atoms with van der Waals surface area (Å²) in [4.78, 5) is 0. The Morgan fingerprint density at radius 2 is 1.95 bits per heavy atom. The maximum Gasteiger partial charge on any atom is 0.119 e. The van der Waals surface area contributed by atoms with Gasteiger partial charge in [0.15, 0.2) is 0 Å². The number of hydrogen-bond donors (Lipinski definition) is 2. The van der Waals surface area contributed by atoms with Crippen molar-refractivity contribution in [3.05, 3.63) is 53.1 Å². The Hall–Kier alpha value is -1.87. The number of benzene rings is 2. The molecule has 20 heavy (non-hydrogen) atoms. The molecule has 0 heterocycles. The fourth-order valence-corrected chi connectivity index (χ4v) is 2.06. The first kappa shape index (κ1) is 14.5. The van der Waals surface area contributed by atoms with Crippen molar-refractivity contribution in [2.24, 2.45) is 0 Å². The monoisotopic (exact) mass is 290 g/mol. The highest BCUT2D eigenvalue weighted by Crippen LogP contribution is 2.26. The van der Waals surface area contributed by atoms with Gasteiger partial charge in [-0.1, -0.05) is 29.8 Å². The highest BCUT2D eigenvalue weighted by Gasteiger charge is 2.03.